The summed E-state index contributed by atoms with van der Waals surface area (Å²) < 4.78 is 39.2. The molecule has 0 saturated carbocycles. The number of hydrazine groups is 1. The van der Waals surface area contributed by atoms with E-state index >= 15 is 0 Å². The number of aromatic nitrogens is 3. The molecule has 1 aromatic carbocycles. The van der Waals surface area contributed by atoms with E-state index in [2.05, 4.69) is 20.9 Å². The molecule has 0 bridgehead atoms. The van der Waals surface area contributed by atoms with Crippen LogP contribution in [0.3, 0.4) is 0 Å². The number of benzene rings is 1. The number of carbonyl (C=O) groups is 2. The molecule has 2 N–H and O–H groups in total. The molecule has 2 heterocycles. The van der Waals surface area contributed by atoms with Gasteiger partial charge in [-0.2, -0.15) is 18.3 Å². The summed E-state index contributed by atoms with van der Waals surface area (Å²) >= 11 is 0. The van der Waals surface area contributed by atoms with Crippen molar-refractivity contribution in [3.8, 4) is 5.82 Å². The molecule has 150 valence electrons. The van der Waals surface area contributed by atoms with Crippen molar-refractivity contribution in [2.24, 2.45) is 0 Å². The molecular formula is C19H16F3N5O2. The summed E-state index contributed by atoms with van der Waals surface area (Å²) in [6, 6.07) is 8.92. The lowest BCUT2D eigenvalue weighted by Gasteiger charge is -2.10. The van der Waals surface area contributed by atoms with Gasteiger partial charge in [0, 0.05) is 11.8 Å². The van der Waals surface area contributed by atoms with Gasteiger partial charge in [0.1, 0.15) is 0 Å². The Morgan fingerprint density at radius 3 is 2.17 bits per heavy atom. The minimum Gasteiger partial charge on any atom is -0.267 e. The Kier molecular flexibility index (Phi) is 5.35. The molecule has 10 heteroatoms. The van der Waals surface area contributed by atoms with E-state index < -0.39 is 23.6 Å². The monoisotopic (exact) mass is 403 g/mol. The average Bonchev–Trinajstić information content (AvgIpc) is 3.07. The van der Waals surface area contributed by atoms with Gasteiger partial charge in [-0.1, -0.05) is 18.2 Å². The van der Waals surface area contributed by atoms with Crippen molar-refractivity contribution < 1.29 is 22.8 Å². The zero-order chi connectivity index (χ0) is 21.2. The molecule has 0 unspecified atom stereocenters. The van der Waals surface area contributed by atoms with Crippen LogP contribution in [0.15, 0.2) is 48.8 Å². The van der Waals surface area contributed by atoms with Crippen LogP contribution < -0.4 is 10.9 Å². The number of alkyl halides is 3. The Bertz CT molecular complexity index is 1060. The second-order valence-electron chi connectivity index (χ2n) is 6.18. The fourth-order valence-electron chi connectivity index (χ4n) is 2.62. The molecule has 0 fully saturated rings. The first-order valence-corrected chi connectivity index (χ1v) is 8.43. The first-order valence-electron chi connectivity index (χ1n) is 8.43. The van der Waals surface area contributed by atoms with E-state index in [9.17, 15) is 22.8 Å². The second kappa shape index (κ2) is 7.74. The Morgan fingerprint density at radius 1 is 0.931 bits per heavy atom. The molecule has 2 amide bonds. The van der Waals surface area contributed by atoms with E-state index in [0.29, 0.717) is 17.5 Å². The van der Waals surface area contributed by atoms with E-state index in [1.165, 1.54) is 10.9 Å². The van der Waals surface area contributed by atoms with Crippen LogP contribution in [0.4, 0.5) is 13.2 Å². The van der Waals surface area contributed by atoms with Gasteiger partial charge in [-0.25, -0.2) is 9.67 Å². The van der Waals surface area contributed by atoms with Crippen LogP contribution in [0, 0.1) is 13.8 Å². The van der Waals surface area contributed by atoms with Gasteiger partial charge in [0.2, 0.25) is 0 Å². The average molecular weight is 403 g/mol. The largest absolute Gasteiger partial charge is 0.417 e. The maximum atomic E-state index is 12.7. The Balaban J connectivity index is 1.72. The topological polar surface area (TPSA) is 88.9 Å². The molecule has 0 saturated heterocycles. The van der Waals surface area contributed by atoms with Gasteiger partial charge >= 0.3 is 6.18 Å². The Labute approximate surface area is 163 Å². The number of pyridine rings is 1. The highest BCUT2D eigenvalue weighted by Crippen LogP contribution is 2.28. The molecule has 2 aromatic heterocycles. The first-order chi connectivity index (χ1) is 13.7. The SMILES string of the molecule is Cc1ccccc1C(=O)NNC(=O)c1cnn(-c2ccc(C(F)(F)F)cn2)c1C. The van der Waals surface area contributed by atoms with Crippen molar-refractivity contribution >= 4 is 11.8 Å². The number of amides is 2. The minimum absolute atomic E-state index is 0.124. The van der Waals surface area contributed by atoms with E-state index in [4.69, 9.17) is 0 Å². The number of carbonyl (C=O) groups excluding carboxylic acids is 2. The third-order valence-corrected chi connectivity index (χ3v) is 4.23. The predicted molar refractivity (Wildman–Crippen MR) is 97.2 cm³/mol. The summed E-state index contributed by atoms with van der Waals surface area (Å²) in [7, 11) is 0. The molecule has 0 aliphatic rings. The Hall–Kier alpha value is -3.69. The summed E-state index contributed by atoms with van der Waals surface area (Å²) in [6.07, 6.45) is -2.56. The smallest absolute Gasteiger partial charge is 0.267 e. The van der Waals surface area contributed by atoms with E-state index in [1.807, 2.05) is 0 Å². The molecule has 0 aliphatic heterocycles. The quantitative estimate of drug-likeness (QED) is 0.658. The highest BCUT2D eigenvalue weighted by Gasteiger charge is 2.30. The van der Waals surface area contributed by atoms with Gasteiger partial charge in [-0.3, -0.25) is 20.4 Å². The summed E-state index contributed by atoms with van der Waals surface area (Å²) in [5, 5.41) is 4.00. The van der Waals surface area contributed by atoms with Gasteiger partial charge in [0.25, 0.3) is 11.8 Å². The first kappa shape index (κ1) is 20.1. The number of rotatable bonds is 3. The van der Waals surface area contributed by atoms with Crippen molar-refractivity contribution in [2.45, 2.75) is 20.0 Å². The highest BCUT2D eigenvalue weighted by molar-refractivity contribution is 6.00. The predicted octanol–water partition coefficient (Wildman–Crippen LogP) is 2.98. The third-order valence-electron chi connectivity index (χ3n) is 4.23. The fraction of sp³-hybridized carbons (Fsp3) is 0.158. The van der Waals surface area contributed by atoms with E-state index in [-0.39, 0.29) is 11.4 Å². The minimum atomic E-state index is -4.49. The number of hydrogen-bond donors (Lipinski definition) is 2. The standard InChI is InChI=1S/C19H16F3N5O2/c1-11-5-3-4-6-14(11)17(28)25-26-18(29)15-10-24-27(12(15)2)16-8-7-13(9-23-16)19(20,21)22/h3-10H,1-2H3,(H,25,28)(H,26,29). The van der Waals surface area contributed by atoms with Gasteiger partial charge in [-0.05, 0) is 37.6 Å². The molecule has 7 nitrogen and oxygen atoms in total. The van der Waals surface area contributed by atoms with Gasteiger partial charge in [0.15, 0.2) is 5.82 Å². The van der Waals surface area contributed by atoms with Crippen molar-refractivity contribution in [3.05, 3.63) is 76.7 Å². The van der Waals surface area contributed by atoms with Crippen molar-refractivity contribution in [1.29, 1.82) is 0 Å². The highest BCUT2D eigenvalue weighted by atomic mass is 19.4. The van der Waals surface area contributed by atoms with Crippen LogP contribution in [0.2, 0.25) is 0 Å². The molecule has 0 radical (unpaired) electrons. The maximum absolute atomic E-state index is 12.7. The van der Waals surface area contributed by atoms with E-state index in [1.54, 1.807) is 38.1 Å². The number of nitrogens with one attached hydrogen (secondary N) is 2. The molecule has 29 heavy (non-hydrogen) atoms. The van der Waals surface area contributed by atoms with Crippen LogP contribution in [0.5, 0.6) is 0 Å². The van der Waals surface area contributed by atoms with Gasteiger partial charge < -0.3 is 0 Å². The summed E-state index contributed by atoms with van der Waals surface area (Å²) in [6.45, 7) is 3.33. The van der Waals surface area contributed by atoms with Crippen LogP contribution in [-0.2, 0) is 6.18 Å². The lowest BCUT2D eigenvalue weighted by Crippen LogP contribution is -2.42. The van der Waals surface area contributed by atoms with Crippen LogP contribution in [0.1, 0.15) is 37.5 Å². The van der Waals surface area contributed by atoms with E-state index in [0.717, 1.165) is 17.7 Å². The van der Waals surface area contributed by atoms with Crippen molar-refractivity contribution in [2.75, 3.05) is 0 Å². The maximum Gasteiger partial charge on any atom is 0.417 e. The number of hydrogen-bond acceptors (Lipinski definition) is 4. The number of nitrogens with zero attached hydrogens (tertiary/aromatic N) is 3. The second-order valence-corrected chi connectivity index (χ2v) is 6.18. The molecule has 0 aliphatic carbocycles. The Morgan fingerprint density at radius 2 is 1.59 bits per heavy atom. The van der Waals surface area contributed by atoms with Crippen molar-refractivity contribution in [3.63, 3.8) is 0 Å². The lowest BCUT2D eigenvalue weighted by atomic mass is 10.1. The zero-order valence-electron chi connectivity index (χ0n) is 15.4. The molecule has 0 spiro atoms. The van der Waals surface area contributed by atoms with Gasteiger partial charge in [-0.15, -0.1) is 0 Å². The lowest BCUT2D eigenvalue weighted by molar-refractivity contribution is -0.137. The van der Waals surface area contributed by atoms with Crippen LogP contribution in [0.25, 0.3) is 5.82 Å². The summed E-state index contributed by atoms with van der Waals surface area (Å²) in [4.78, 5) is 28.3. The molecule has 0 atom stereocenters. The number of aryl methyl sites for hydroxylation is 1. The van der Waals surface area contributed by atoms with Crippen molar-refractivity contribution in [1.82, 2.24) is 25.6 Å². The molecule has 3 rings (SSSR count). The molecular weight excluding hydrogens is 387 g/mol. The normalized spacial score (nSPS) is 11.2. The summed E-state index contributed by atoms with van der Waals surface area (Å²) in [5.41, 5.74) is 5.38. The van der Waals surface area contributed by atoms with Crippen LogP contribution >= 0.6 is 0 Å². The summed E-state index contributed by atoms with van der Waals surface area (Å²) in [5.74, 6) is -0.980. The number of halogens is 3. The third kappa shape index (κ3) is 4.26. The van der Waals surface area contributed by atoms with Gasteiger partial charge in [0.05, 0.1) is 23.0 Å². The zero-order valence-corrected chi connectivity index (χ0v) is 15.4. The fourth-order valence-corrected chi connectivity index (χ4v) is 2.62. The van der Waals surface area contributed by atoms with Crippen LogP contribution in [-0.4, -0.2) is 26.6 Å². The molecule has 3 aromatic rings.